The van der Waals surface area contributed by atoms with Gasteiger partial charge in [-0.15, -0.1) is 0 Å². The average Bonchev–Trinajstić information content (AvgIpc) is 3.26. The molecule has 1 saturated carbocycles. The number of non-ortho nitro benzene ring substituents is 1. The quantitative estimate of drug-likeness (QED) is 0.233. The number of carbonyl (C=O) groups excluding carboxylic acids is 1. The second-order valence-electron chi connectivity index (χ2n) is 7.18. The Hall–Kier alpha value is -2.90. The van der Waals surface area contributed by atoms with Crippen LogP contribution in [-0.4, -0.2) is 23.0 Å². The summed E-state index contributed by atoms with van der Waals surface area (Å²) in [6, 6.07) is 12.6. The summed E-state index contributed by atoms with van der Waals surface area (Å²) in [6.45, 7) is 1.76. The van der Waals surface area contributed by atoms with Crippen molar-refractivity contribution in [2.75, 3.05) is 0 Å². The number of hydrogen-bond donors (Lipinski definition) is 1. The highest BCUT2D eigenvalue weighted by atomic mass is 31.2. The SMILES string of the molecule is CC[C@H](NP(=O)(Oc1ccccc1)Oc1ccc([N+](=O)[O-])cc1)C(=O)OC1CCCC1. The van der Waals surface area contributed by atoms with E-state index >= 15 is 0 Å². The summed E-state index contributed by atoms with van der Waals surface area (Å²) in [5, 5.41) is 13.6. The van der Waals surface area contributed by atoms with Crippen molar-refractivity contribution in [2.24, 2.45) is 0 Å². The molecule has 0 spiro atoms. The van der Waals surface area contributed by atoms with Crippen LogP contribution in [-0.2, 0) is 14.1 Å². The van der Waals surface area contributed by atoms with E-state index in [2.05, 4.69) is 5.09 Å². The minimum absolute atomic E-state index is 0.0939. The number of rotatable bonds is 10. The fourth-order valence-electron chi connectivity index (χ4n) is 3.21. The van der Waals surface area contributed by atoms with Gasteiger partial charge in [-0.25, -0.2) is 4.57 Å². The molecule has 166 valence electrons. The topological polar surface area (TPSA) is 117 Å². The molecule has 1 aliphatic rings. The highest BCUT2D eigenvalue weighted by Crippen LogP contribution is 2.45. The number of nitro benzene ring substituents is 1. The Morgan fingerprint density at radius 1 is 1.10 bits per heavy atom. The van der Waals surface area contributed by atoms with Crippen LogP contribution in [0.1, 0.15) is 39.0 Å². The van der Waals surface area contributed by atoms with Crippen molar-refractivity contribution >= 4 is 19.4 Å². The van der Waals surface area contributed by atoms with E-state index in [1.165, 1.54) is 24.3 Å². The first-order valence-electron chi connectivity index (χ1n) is 10.2. The normalized spacial score (nSPS) is 16.8. The number of hydrogen-bond acceptors (Lipinski definition) is 7. The van der Waals surface area contributed by atoms with Gasteiger partial charge in [-0.3, -0.25) is 14.9 Å². The van der Waals surface area contributed by atoms with Gasteiger partial charge in [0.15, 0.2) is 0 Å². The second kappa shape index (κ2) is 10.4. The zero-order valence-electron chi connectivity index (χ0n) is 17.1. The van der Waals surface area contributed by atoms with Gasteiger partial charge in [-0.1, -0.05) is 25.1 Å². The summed E-state index contributed by atoms with van der Waals surface area (Å²) < 4.78 is 30.3. The summed E-state index contributed by atoms with van der Waals surface area (Å²) >= 11 is 0. The third-order valence-electron chi connectivity index (χ3n) is 4.83. The van der Waals surface area contributed by atoms with Crippen LogP contribution in [0.5, 0.6) is 11.5 Å². The highest BCUT2D eigenvalue weighted by molar-refractivity contribution is 7.52. The summed E-state index contributed by atoms with van der Waals surface area (Å²) in [7, 11) is -4.09. The Balaban J connectivity index is 1.79. The van der Waals surface area contributed by atoms with Gasteiger partial charge in [0.25, 0.3) is 5.69 Å². The van der Waals surface area contributed by atoms with E-state index < -0.39 is 24.7 Å². The van der Waals surface area contributed by atoms with Crippen LogP contribution in [0.2, 0.25) is 0 Å². The molecular formula is C21H25N2O7P. The van der Waals surface area contributed by atoms with Crippen molar-refractivity contribution in [1.29, 1.82) is 0 Å². The predicted molar refractivity (Wildman–Crippen MR) is 114 cm³/mol. The molecule has 31 heavy (non-hydrogen) atoms. The molecule has 2 aromatic carbocycles. The molecule has 9 nitrogen and oxygen atoms in total. The highest BCUT2D eigenvalue weighted by Gasteiger charge is 2.36. The van der Waals surface area contributed by atoms with E-state index in [-0.39, 0.29) is 23.3 Å². The first kappa shape index (κ1) is 22.8. The van der Waals surface area contributed by atoms with Gasteiger partial charge < -0.3 is 13.8 Å². The van der Waals surface area contributed by atoms with E-state index in [1.807, 2.05) is 0 Å². The minimum atomic E-state index is -4.09. The molecule has 1 fully saturated rings. The smallest absolute Gasteiger partial charge is 0.461 e. The molecule has 1 N–H and O–H groups in total. The van der Waals surface area contributed by atoms with Gasteiger partial charge in [-0.05, 0) is 56.4 Å². The molecular weight excluding hydrogens is 423 g/mol. The van der Waals surface area contributed by atoms with Gasteiger partial charge in [0, 0.05) is 12.1 Å². The molecule has 1 aliphatic carbocycles. The van der Waals surface area contributed by atoms with Gasteiger partial charge in [-0.2, -0.15) is 5.09 Å². The summed E-state index contributed by atoms with van der Waals surface area (Å²) in [6.07, 6.45) is 3.84. The van der Waals surface area contributed by atoms with Gasteiger partial charge in [0.05, 0.1) is 4.92 Å². The standard InChI is InChI=1S/C21H25N2O7P/c1-2-20(21(24)28-17-8-6-7-9-17)22-31(27,29-18-10-4-3-5-11-18)30-19-14-12-16(13-15-19)23(25)26/h3-5,10-15,17,20H,2,6-9H2,1H3,(H,22,27)/t20-,31?/m0/s1. The monoisotopic (exact) mass is 448 g/mol. The molecule has 0 amide bonds. The number of esters is 1. The van der Waals surface area contributed by atoms with Crippen LogP contribution in [0.25, 0.3) is 0 Å². The first-order valence-corrected chi connectivity index (χ1v) is 11.7. The lowest BCUT2D eigenvalue weighted by atomic mass is 10.2. The van der Waals surface area contributed by atoms with E-state index in [0.29, 0.717) is 6.42 Å². The molecule has 0 radical (unpaired) electrons. The Morgan fingerprint density at radius 3 is 2.23 bits per heavy atom. The number of nitrogens with zero attached hydrogens (tertiary/aromatic N) is 1. The molecule has 1 unspecified atom stereocenters. The Bertz CT molecular complexity index is 931. The molecule has 0 saturated heterocycles. The first-order chi connectivity index (χ1) is 14.9. The minimum Gasteiger partial charge on any atom is -0.461 e. The Morgan fingerprint density at radius 2 is 1.68 bits per heavy atom. The molecule has 10 heteroatoms. The number of nitro groups is 1. The average molecular weight is 448 g/mol. The van der Waals surface area contributed by atoms with Crippen molar-refractivity contribution in [1.82, 2.24) is 5.09 Å². The van der Waals surface area contributed by atoms with Gasteiger partial charge >= 0.3 is 13.7 Å². The summed E-state index contributed by atoms with van der Waals surface area (Å²) in [5.74, 6) is -0.144. The molecule has 0 bridgehead atoms. The summed E-state index contributed by atoms with van der Waals surface area (Å²) in [4.78, 5) is 23.0. The largest absolute Gasteiger partial charge is 0.513 e. The number of nitrogens with one attached hydrogen (secondary N) is 1. The van der Waals surface area contributed by atoms with E-state index in [0.717, 1.165) is 25.7 Å². The maximum Gasteiger partial charge on any atom is 0.513 e. The van der Waals surface area contributed by atoms with Crippen LogP contribution in [0.4, 0.5) is 5.69 Å². The maximum atomic E-state index is 13.6. The number of ether oxygens (including phenoxy) is 1. The molecule has 0 aromatic heterocycles. The maximum absolute atomic E-state index is 13.6. The van der Waals surface area contributed by atoms with Gasteiger partial charge in [0.1, 0.15) is 23.6 Å². The number of para-hydroxylation sites is 1. The van der Waals surface area contributed by atoms with Crippen molar-refractivity contribution in [3.63, 3.8) is 0 Å². The third-order valence-corrected chi connectivity index (χ3v) is 6.36. The fraction of sp³-hybridized carbons (Fsp3) is 0.381. The number of carbonyl (C=O) groups is 1. The van der Waals surface area contributed by atoms with Crippen LogP contribution in [0.15, 0.2) is 54.6 Å². The lowest BCUT2D eigenvalue weighted by Gasteiger charge is -2.25. The van der Waals surface area contributed by atoms with Crippen molar-refractivity contribution in [3.05, 3.63) is 64.7 Å². The van der Waals surface area contributed by atoms with Crippen LogP contribution in [0.3, 0.4) is 0 Å². The van der Waals surface area contributed by atoms with E-state index in [9.17, 15) is 19.5 Å². The third kappa shape index (κ3) is 6.54. The molecule has 2 aromatic rings. The van der Waals surface area contributed by atoms with Crippen LogP contribution in [0, 0.1) is 10.1 Å². The van der Waals surface area contributed by atoms with Crippen molar-refractivity contribution in [2.45, 2.75) is 51.2 Å². The summed E-state index contributed by atoms with van der Waals surface area (Å²) in [5.41, 5.74) is -0.134. The Labute approximate surface area is 180 Å². The molecule has 0 heterocycles. The van der Waals surface area contributed by atoms with Crippen LogP contribution >= 0.6 is 7.75 Å². The predicted octanol–water partition coefficient (Wildman–Crippen LogP) is 5.01. The lowest BCUT2D eigenvalue weighted by molar-refractivity contribution is -0.384. The molecule has 3 rings (SSSR count). The zero-order chi connectivity index (χ0) is 22.3. The van der Waals surface area contributed by atoms with Crippen molar-refractivity contribution in [3.8, 4) is 11.5 Å². The van der Waals surface area contributed by atoms with Gasteiger partial charge in [0.2, 0.25) is 0 Å². The van der Waals surface area contributed by atoms with Crippen molar-refractivity contribution < 1.29 is 28.1 Å². The van der Waals surface area contributed by atoms with E-state index in [4.69, 9.17) is 13.8 Å². The molecule has 0 aliphatic heterocycles. The number of benzene rings is 2. The Kier molecular flexibility index (Phi) is 7.65. The molecule has 2 atom stereocenters. The second-order valence-corrected chi connectivity index (χ2v) is 8.80. The van der Waals surface area contributed by atoms with E-state index in [1.54, 1.807) is 37.3 Å². The lowest BCUT2D eigenvalue weighted by Crippen LogP contribution is -2.39. The van der Waals surface area contributed by atoms with Crippen LogP contribution < -0.4 is 14.1 Å². The zero-order valence-corrected chi connectivity index (χ0v) is 18.0. The fourth-order valence-corrected chi connectivity index (χ4v) is 4.82.